The van der Waals surface area contributed by atoms with Gasteiger partial charge in [-0.3, -0.25) is 0 Å². The van der Waals surface area contributed by atoms with E-state index in [0.29, 0.717) is 11.0 Å². The highest BCUT2D eigenvalue weighted by Gasteiger charge is 2.52. The standard InChI is InChI=1S/C10H19NO/c1-9(2,3)8-4-5-11-10(8)6-12-7-10/h8,11H,4-7H2,1-3H3. The van der Waals surface area contributed by atoms with Crippen molar-refractivity contribution in [3.8, 4) is 0 Å². The molecular weight excluding hydrogens is 150 g/mol. The third-order valence-electron chi connectivity index (χ3n) is 3.34. The fourth-order valence-electron chi connectivity index (χ4n) is 2.75. The summed E-state index contributed by atoms with van der Waals surface area (Å²) in [7, 11) is 0. The largest absolute Gasteiger partial charge is 0.377 e. The molecule has 2 fully saturated rings. The number of nitrogens with one attached hydrogen (secondary N) is 1. The second kappa shape index (κ2) is 2.46. The van der Waals surface area contributed by atoms with Gasteiger partial charge in [0.25, 0.3) is 0 Å². The van der Waals surface area contributed by atoms with E-state index in [2.05, 4.69) is 26.1 Å². The molecule has 0 aromatic heterocycles. The van der Waals surface area contributed by atoms with Crippen molar-refractivity contribution in [2.24, 2.45) is 11.3 Å². The maximum Gasteiger partial charge on any atom is 0.0687 e. The number of rotatable bonds is 0. The molecule has 0 amide bonds. The summed E-state index contributed by atoms with van der Waals surface area (Å²) in [5, 5.41) is 3.60. The number of hydrogen-bond donors (Lipinski definition) is 1. The summed E-state index contributed by atoms with van der Waals surface area (Å²) in [4.78, 5) is 0. The molecular formula is C10H19NO. The van der Waals surface area contributed by atoms with E-state index in [1.165, 1.54) is 13.0 Å². The lowest BCUT2D eigenvalue weighted by Gasteiger charge is -2.48. The van der Waals surface area contributed by atoms with Crippen LogP contribution in [0.1, 0.15) is 27.2 Å². The van der Waals surface area contributed by atoms with Crippen LogP contribution in [-0.4, -0.2) is 25.3 Å². The average molecular weight is 169 g/mol. The van der Waals surface area contributed by atoms with E-state index in [9.17, 15) is 0 Å². The Hall–Kier alpha value is -0.0800. The predicted molar refractivity (Wildman–Crippen MR) is 49.1 cm³/mol. The van der Waals surface area contributed by atoms with Crippen LogP contribution in [0.3, 0.4) is 0 Å². The molecule has 0 bridgehead atoms. The molecule has 2 saturated heterocycles. The van der Waals surface area contributed by atoms with Crippen molar-refractivity contribution >= 4 is 0 Å². The summed E-state index contributed by atoms with van der Waals surface area (Å²) in [6, 6.07) is 0. The molecule has 1 atom stereocenters. The minimum Gasteiger partial charge on any atom is -0.377 e. The summed E-state index contributed by atoms with van der Waals surface area (Å²) in [5.41, 5.74) is 0.769. The zero-order chi connectivity index (χ0) is 8.82. The molecule has 0 aliphatic carbocycles. The Morgan fingerprint density at radius 2 is 2.00 bits per heavy atom. The van der Waals surface area contributed by atoms with Gasteiger partial charge < -0.3 is 10.1 Å². The Kier molecular flexibility index (Phi) is 1.74. The van der Waals surface area contributed by atoms with Crippen LogP contribution >= 0.6 is 0 Å². The molecule has 2 aliphatic heterocycles. The molecule has 12 heavy (non-hydrogen) atoms. The molecule has 1 spiro atoms. The minimum atomic E-state index is 0.345. The number of ether oxygens (including phenoxy) is 1. The molecule has 2 heteroatoms. The molecule has 70 valence electrons. The topological polar surface area (TPSA) is 21.3 Å². The van der Waals surface area contributed by atoms with Crippen LogP contribution in [0.25, 0.3) is 0 Å². The summed E-state index contributed by atoms with van der Waals surface area (Å²) >= 11 is 0. The third kappa shape index (κ3) is 1.09. The zero-order valence-electron chi connectivity index (χ0n) is 8.31. The van der Waals surface area contributed by atoms with Crippen molar-refractivity contribution in [1.82, 2.24) is 5.32 Å². The summed E-state index contributed by atoms with van der Waals surface area (Å²) in [6.45, 7) is 10.0. The van der Waals surface area contributed by atoms with E-state index in [4.69, 9.17) is 4.74 Å². The van der Waals surface area contributed by atoms with Crippen molar-refractivity contribution in [2.75, 3.05) is 19.8 Å². The van der Waals surface area contributed by atoms with Gasteiger partial charge in [0.15, 0.2) is 0 Å². The first-order valence-electron chi connectivity index (χ1n) is 4.87. The minimum absolute atomic E-state index is 0.345. The molecule has 0 radical (unpaired) electrons. The highest BCUT2D eigenvalue weighted by atomic mass is 16.5. The highest BCUT2D eigenvalue weighted by Crippen LogP contribution is 2.43. The first-order chi connectivity index (χ1) is 5.55. The lowest BCUT2D eigenvalue weighted by Crippen LogP contribution is -2.62. The fraction of sp³-hybridized carbons (Fsp3) is 1.00. The lowest BCUT2D eigenvalue weighted by molar-refractivity contribution is -0.106. The van der Waals surface area contributed by atoms with Crippen LogP contribution < -0.4 is 5.32 Å². The van der Waals surface area contributed by atoms with Gasteiger partial charge in [0.05, 0.1) is 18.8 Å². The molecule has 0 saturated carbocycles. The third-order valence-corrected chi connectivity index (χ3v) is 3.34. The van der Waals surface area contributed by atoms with Crippen LogP contribution in [0, 0.1) is 11.3 Å². The second-order valence-corrected chi connectivity index (χ2v) is 5.28. The van der Waals surface area contributed by atoms with Gasteiger partial charge in [0, 0.05) is 0 Å². The van der Waals surface area contributed by atoms with Gasteiger partial charge in [-0.15, -0.1) is 0 Å². The van der Waals surface area contributed by atoms with E-state index < -0.39 is 0 Å². The van der Waals surface area contributed by atoms with E-state index in [-0.39, 0.29) is 0 Å². The number of hydrogen-bond acceptors (Lipinski definition) is 2. The molecule has 2 rings (SSSR count). The summed E-state index contributed by atoms with van der Waals surface area (Å²) < 4.78 is 5.32. The Balaban J connectivity index is 2.14. The maximum absolute atomic E-state index is 5.32. The molecule has 0 aromatic rings. The molecule has 2 heterocycles. The van der Waals surface area contributed by atoms with E-state index in [1.807, 2.05) is 0 Å². The lowest BCUT2D eigenvalue weighted by atomic mass is 9.68. The van der Waals surface area contributed by atoms with Crippen LogP contribution in [0.15, 0.2) is 0 Å². The van der Waals surface area contributed by atoms with Crippen LogP contribution in [-0.2, 0) is 4.74 Å². The van der Waals surface area contributed by atoms with Gasteiger partial charge in [-0.25, -0.2) is 0 Å². The normalized spacial score (nSPS) is 33.8. The first kappa shape index (κ1) is 8.52. The maximum atomic E-state index is 5.32. The quantitative estimate of drug-likeness (QED) is 0.592. The molecule has 2 aliphatic rings. The zero-order valence-corrected chi connectivity index (χ0v) is 8.31. The van der Waals surface area contributed by atoms with Crippen molar-refractivity contribution in [3.63, 3.8) is 0 Å². The molecule has 1 N–H and O–H groups in total. The highest BCUT2D eigenvalue weighted by molar-refractivity contribution is 5.07. The Labute approximate surface area is 74.7 Å². The van der Waals surface area contributed by atoms with E-state index >= 15 is 0 Å². The molecule has 1 unspecified atom stereocenters. The van der Waals surface area contributed by atoms with Gasteiger partial charge >= 0.3 is 0 Å². The van der Waals surface area contributed by atoms with E-state index in [0.717, 1.165) is 19.1 Å². The van der Waals surface area contributed by atoms with Crippen molar-refractivity contribution in [2.45, 2.75) is 32.7 Å². The van der Waals surface area contributed by atoms with E-state index in [1.54, 1.807) is 0 Å². The SMILES string of the molecule is CC(C)(C)C1CCNC12COC2. The average Bonchev–Trinajstić information content (AvgIpc) is 2.25. The van der Waals surface area contributed by atoms with Gasteiger partial charge in [-0.2, -0.15) is 0 Å². The van der Waals surface area contributed by atoms with Crippen LogP contribution in [0.4, 0.5) is 0 Å². The Morgan fingerprint density at radius 3 is 2.33 bits per heavy atom. The molecule has 2 nitrogen and oxygen atoms in total. The second-order valence-electron chi connectivity index (χ2n) is 5.28. The first-order valence-corrected chi connectivity index (χ1v) is 4.87. The Bertz CT molecular complexity index is 179. The van der Waals surface area contributed by atoms with Gasteiger partial charge in [-0.1, -0.05) is 20.8 Å². The van der Waals surface area contributed by atoms with Gasteiger partial charge in [0.2, 0.25) is 0 Å². The summed E-state index contributed by atoms with van der Waals surface area (Å²) in [6.07, 6.45) is 1.31. The molecule has 0 aromatic carbocycles. The van der Waals surface area contributed by atoms with Gasteiger partial charge in [-0.05, 0) is 24.3 Å². The summed E-state index contributed by atoms with van der Waals surface area (Å²) in [5.74, 6) is 0.791. The van der Waals surface area contributed by atoms with Crippen LogP contribution in [0.2, 0.25) is 0 Å². The van der Waals surface area contributed by atoms with Gasteiger partial charge in [0.1, 0.15) is 0 Å². The predicted octanol–water partition coefficient (Wildman–Crippen LogP) is 1.41. The Morgan fingerprint density at radius 1 is 1.33 bits per heavy atom. The van der Waals surface area contributed by atoms with Crippen molar-refractivity contribution < 1.29 is 4.74 Å². The smallest absolute Gasteiger partial charge is 0.0687 e. The van der Waals surface area contributed by atoms with Crippen molar-refractivity contribution in [1.29, 1.82) is 0 Å². The monoisotopic (exact) mass is 169 g/mol. The van der Waals surface area contributed by atoms with Crippen molar-refractivity contribution in [3.05, 3.63) is 0 Å². The fourth-order valence-corrected chi connectivity index (χ4v) is 2.75. The van der Waals surface area contributed by atoms with Crippen LogP contribution in [0.5, 0.6) is 0 Å².